The highest BCUT2D eigenvalue weighted by molar-refractivity contribution is 5.84. The monoisotopic (exact) mass is 230 g/mol. The molecule has 2 heteroatoms. The van der Waals surface area contributed by atoms with Crippen LogP contribution in [0.3, 0.4) is 0 Å². The average Bonchev–Trinajstić information content (AvgIpc) is 2.55. The van der Waals surface area contributed by atoms with Gasteiger partial charge in [0.1, 0.15) is 0 Å². The van der Waals surface area contributed by atoms with E-state index in [0.717, 1.165) is 13.0 Å². The lowest BCUT2D eigenvalue weighted by Crippen LogP contribution is -2.24. The molecule has 0 bridgehead atoms. The van der Waals surface area contributed by atoms with Crippen molar-refractivity contribution in [1.82, 2.24) is 9.88 Å². The second kappa shape index (κ2) is 4.92. The largest absolute Gasteiger partial charge is 0.350 e. The molecule has 0 radical (unpaired) electrons. The van der Waals surface area contributed by atoms with Gasteiger partial charge < -0.3 is 9.88 Å². The van der Waals surface area contributed by atoms with Gasteiger partial charge in [-0.1, -0.05) is 26.0 Å². The summed E-state index contributed by atoms with van der Waals surface area (Å²) in [5, 5.41) is 4.86. The zero-order valence-electron chi connectivity index (χ0n) is 11.2. The van der Waals surface area contributed by atoms with Crippen LogP contribution in [0.5, 0.6) is 0 Å². The number of rotatable bonds is 4. The van der Waals surface area contributed by atoms with Crippen LogP contribution in [0.4, 0.5) is 0 Å². The Labute approximate surface area is 104 Å². The van der Waals surface area contributed by atoms with Gasteiger partial charge in [0.25, 0.3) is 0 Å². The molecule has 1 aromatic heterocycles. The van der Waals surface area contributed by atoms with Gasteiger partial charge in [-0.3, -0.25) is 0 Å². The van der Waals surface area contributed by atoms with Gasteiger partial charge in [-0.25, -0.2) is 0 Å². The molecule has 1 N–H and O–H groups in total. The average molecular weight is 230 g/mol. The zero-order chi connectivity index (χ0) is 12.4. The van der Waals surface area contributed by atoms with E-state index in [0.29, 0.717) is 6.04 Å². The second-order valence-corrected chi connectivity index (χ2v) is 5.14. The summed E-state index contributed by atoms with van der Waals surface area (Å²) < 4.78 is 2.23. The topological polar surface area (TPSA) is 17.0 Å². The van der Waals surface area contributed by atoms with Crippen LogP contribution in [0.1, 0.15) is 25.0 Å². The van der Waals surface area contributed by atoms with Gasteiger partial charge >= 0.3 is 0 Å². The number of hydrogen-bond donors (Lipinski definition) is 1. The minimum atomic E-state index is 0.562. The molecule has 92 valence electrons. The van der Waals surface area contributed by atoms with Crippen molar-refractivity contribution in [2.45, 2.75) is 33.2 Å². The summed E-state index contributed by atoms with van der Waals surface area (Å²) in [5.74, 6) is 0. The van der Waals surface area contributed by atoms with Gasteiger partial charge in [0.15, 0.2) is 0 Å². The molecule has 1 heterocycles. The Balaban J connectivity index is 2.23. The van der Waals surface area contributed by atoms with Gasteiger partial charge in [0.05, 0.1) is 0 Å². The molecular formula is C15H22N2. The van der Waals surface area contributed by atoms with Crippen LogP contribution < -0.4 is 5.32 Å². The summed E-state index contributed by atoms with van der Waals surface area (Å²) in [7, 11) is 2.13. The van der Waals surface area contributed by atoms with Crippen LogP contribution in [-0.2, 0) is 13.5 Å². The smallest absolute Gasteiger partial charge is 0.0483 e. The number of benzene rings is 1. The minimum absolute atomic E-state index is 0.562. The Morgan fingerprint density at radius 2 is 2.06 bits per heavy atom. The maximum atomic E-state index is 3.47. The van der Waals surface area contributed by atoms with E-state index in [1.54, 1.807) is 0 Å². The van der Waals surface area contributed by atoms with Gasteiger partial charge in [-0.2, -0.15) is 0 Å². The predicted octanol–water partition coefficient (Wildman–Crippen LogP) is 3.03. The van der Waals surface area contributed by atoms with Crippen molar-refractivity contribution in [3.8, 4) is 0 Å². The highest BCUT2D eigenvalue weighted by Gasteiger charge is 2.06. The quantitative estimate of drug-likeness (QED) is 0.854. The third-order valence-electron chi connectivity index (χ3n) is 3.18. The first-order valence-electron chi connectivity index (χ1n) is 6.36. The molecule has 2 aromatic rings. The highest BCUT2D eigenvalue weighted by atomic mass is 14.9. The first-order valence-corrected chi connectivity index (χ1v) is 6.36. The second-order valence-electron chi connectivity index (χ2n) is 5.14. The fourth-order valence-electron chi connectivity index (χ4n) is 2.27. The first kappa shape index (κ1) is 12.2. The molecule has 2 rings (SSSR count). The van der Waals surface area contributed by atoms with Crippen molar-refractivity contribution >= 4 is 10.9 Å². The van der Waals surface area contributed by atoms with E-state index in [4.69, 9.17) is 0 Å². The maximum Gasteiger partial charge on any atom is 0.0483 e. The van der Waals surface area contributed by atoms with Crippen molar-refractivity contribution in [3.05, 3.63) is 35.5 Å². The van der Waals surface area contributed by atoms with E-state index in [1.807, 2.05) is 0 Å². The van der Waals surface area contributed by atoms with Gasteiger partial charge in [-0.05, 0) is 37.1 Å². The molecule has 0 spiro atoms. The zero-order valence-corrected chi connectivity index (χ0v) is 11.2. The molecule has 0 saturated carbocycles. The Morgan fingerprint density at radius 1 is 1.29 bits per heavy atom. The Bertz CT molecular complexity index is 509. The Kier molecular flexibility index (Phi) is 3.53. The fraction of sp³-hybridized carbons (Fsp3) is 0.467. The molecule has 0 amide bonds. The van der Waals surface area contributed by atoms with E-state index in [9.17, 15) is 0 Å². The third-order valence-corrected chi connectivity index (χ3v) is 3.18. The maximum absolute atomic E-state index is 3.47. The van der Waals surface area contributed by atoms with Gasteiger partial charge in [-0.15, -0.1) is 0 Å². The third kappa shape index (κ3) is 2.70. The van der Waals surface area contributed by atoms with E-state index in [-0.39, 0.29) is 0 Å². The standard InChI is InChI=1S/C15H22N2/c1-11(2)16-8-7-13-10-17(4)15-9-12(3)5-6-14(13)15/h5-6,9-11,16H,7-8H2,1-4H3. The van der Waals surface area contributed by atoms with Crippen LogP contribution >= 0.6 is 0 Å². The molecule has 0 aliphatic heterocycles. The summed E-state index contributed by atoms with van der Waals surface area (Å²) in [6.45, 7) is 7.57. The van der Waals surface area contributed by atoms with Gasteiger partial charge in [0, 0.05) is 30.2 Å². The number of hydrogen-bond acceptors (Lipinski definition) is 1. The lowest BCUT2D eigenvalue weighted by atomic mass is 10.1. The Hall–Kier alpha value is -1.28. The summed E-state index contributed by atoms with van der Waals surface area (Å²) in [6.07, 6.45) is 3.35. The number of nitrogens with zero attached hydrogens (tertiary/aromatic N) is 1. The summed E-state index contributed by atoms with van der Waals surface area (Å²) >= 11 is 0. The molecule has 1 aromatic carbocycles. The van der Waals surface area contributed by atoms with Crippen LogP contribution in [0, 0.1) is 6.92 Å². The molecule has 0 saturated heterocycles. The molecule has 0 atom stereocenters. The lowest BCUT2D eigenvalue weighted by Gasteiger charge is -2.06. The van der Waals surface area contributed by atoms with Crippen LogP contribution in [-0.4, -0.2) is 17.2 Å². The molecule has 0 unspecified atom stereocenters. The lowest BCUT2D eigenvalue weighted by molar-refractivity contribution is 0.591. The number of nitrogens with one attached hydrogen (secondary N) is 1. The first-order chi connectivity index (χ1) is 8.08. The van der Waals surface area contributed by atoms with Crippen LogP contribution in [0.2, 0.25) is 0 Å². The number of fused-ring (bicyclic) bond motifs is 1. The van der Waals surface area contributed by atoms with Crippen molar-refractivity contribution < 1.29 is 0 Å². The molecule has 0 fully saturated rings. The van der Waals surface area contributed by atoms with Crippen molar-refractivity contribution in [2.75, 3.05) is 6.54 Å². The summed E-state index contributed by atoms with van der Waals surface area (Å²) in [6, 6.07) is 7.26. The van der Waals surface area contributed by atoms with Gasteiger partial charge in [0.2, 0.25) is 0 Å². The minimum Gasteiger partial charge on any atom is -0.350 e. The van der Waals surface area contributed by atoms with E-state index in [1.165, 1.54) is 22.0 Å². The highest BCUT2D eigenvalue weighted by Crippen LogP contribution is 2.22. The Morgan fingerprint density at radius 3 is 2.76 bits per heavy atom. The summed E-state index contributed by atoms with van der Waals surface area (Å²) in [4.78, 5) is 0. The van der Waals surface area contributed by atoms with E-state index in [2.05, 4.69) is 62.1 Å². The predicted molar refractivity (Wildman–Crippen MR) is 74.5 cm³/mol. The van der Waals surface area contributed by atoms with E-state index < -0.39 is 0 Å². The number of aryl methyl sites for hydroxylation is 2. The molecule has 2 nitrogen and oxygen atoms in total. The molecule has 0 aliphatic rings. The molecule has 17 heavy (non-hydrogen) atoms. The van der Waals surface area contributed by atoms with Crippen molar-refractivity contribution in [3.63, 3.8) is 0 Å². The van der Waals surface area contributed by atoms with Crippen LogP contribution in [0.15, 0.2) is 24.4 Å². The molecular weight excluding hydrogens is 208 g/mol. The van der Waals surface area contributed by atoms with Crippen LogP contribution in [0.25, 0.3) is 10.9 Å². The normalized spacial score (nSPS) is 11.6. The number of aromatic nitrogens is 1. The van der Waals surface area contributed by atoms with Crippen molar-refractivity contribution in [1.29, 1.82) is 0 Å². The SMILES string of the molecule is Cc1ccc2c(CCNC(C)C)cn(C)c2c1. The van der Waals surface area contributed by atoms with E-state index >= 15 is 0 Å². The molecule has 0 aliphatic carbocycles. The summed E-state index contributed by atoms with van der Waals surface area (Å²) in [5.41, 5.74) is 4.10. The van der Waals surface area contributed by atoms with Crippen molar-refractivity contribution in [2.24, 2.45) is 7.05 Å². The fourth-order valence-corrected chi connectivity index (χ4v) is 2.27.